The minimum absolute atomic E-state index is 0.442. The highest BCUT2D eigenvalue weighted by Crippen LogP contribution is 2.09. The lowest BCUT2D eigenvalue weighted by Gasteiger charge is -2.08. The van der Waals surface area contributed by atoms with Crippen LogP contribution in [0.2, 0.25) is 0 Å². The third kappa shape index (κ3) is 3.16. The molecule has 0 aliphatic heterocycles. The predicted molar refractivity (Wildman–Crippen MR) is 66.8 cm³/mol. The molecule has 0 amide bonds. The summed E-state index contributed by atoms with van der Waals surface area (Å²) in [5.41, 5.74) is 1.02. The minimum Gasteiger partial charge on any atom is -0.338 e. The maximum Gasteiger partial charge on any atom is 0.240 e. The minimum atomic E-state index is 0.442. The smallest absolute Gasteiger partial charge is 0.240 e. The molecule has 0 aromatic carbocycles. The standard InChI is InChI=1S/C12H19N5O/c1-4-9(2)17-6-5-11(15-17)7-13-8-12-14-10(3)16-18-12/h5-6,9,13H,4,7-8H2,1-3H3. The lowest BCUT2D eigenvalue weighted by molar-refractivity contribution is 0.363. The third-order valence-electron chi connectivity index (χ3n) is 2.86. The largest absolute Gasteiger partial charge is 0.338 e. The summed E-state index contributed by atoms with van der Waals surface area (Å²) in [6.07, 6.45) is 3.10. The van der Waals surface area contributed by atoms with Crippen LogP contribution in [0.15, 0.2) is 16.8 Å². The Labute approximate surface area is 106 Å². The Kier molecular flexibility index (Phi) is 4.09. The second-order valence-corrected chi connectivity index (χ2v) is 4.38. The van der Waals surface area contributed by atoms with Gasteiger partial charge in [0.25, 0.3) is 0 Å². The van der Waals surface area contributed by atoms with Gasteiger partial charge in [0.05, 0.1) is 12.2 Å². The van der Waals surface area contributed by atoms with E-state index in [9.17, 15) is 0 Å². The van der Waals surface area contributed by atoms with Crippen molar-refractivity contribution >= 4 is 0 Å². The average molecular weight is 249 g/mol. The Bertz CT molecular complexity index is 490. The fourth-order valence-corrected chi connectivity index (χ4v) is 1.61. The predicted octanol–water partition coefficient (Wildman–Crippen LogP) is 1.84. The summed E-state index contributed by atoms with van der Waals surface area (Å²) >= 11 is 0. The van der Waals surface area contributed by atoms with Crippen LogP contribution in [0.25, 0.3) is 0 Å². The normalized spacial score (nSPS) is 12.8. The molecule has 0 aliphatic carbocycles. The van der Waals surface area contributed by atoms with Crippen molar-refractivity contribution in [2.45, 2.75) is 46.3 Å². The Hall–Kier alpha value is -1.69. The molecule has 0 radical (unpaired) electrons. The molecule has 18 heavy (non-hydrogen) atoms. The van der Waals surface area contributed by atoms with Crippen molar-refractivity contribution in [3.05, 3.63) is 29.7 Å². The number of aromatic nitrogens is 4. The Balaban J connectivity index is 1.81. The summed E-state index contributed by atoms with van der Waals surface area (Å²) in [5.74, 6) is 1.27. The molecule has 2 rings (SSSR count). The van der Waals surface area contributed by atoms with E-state index in [1.54, 1.807) is 6.92 Å². The molecule has 2 aromatic heterocycles. The van der Waals surface area contributed by atoms with E-state index in [4.69, 9.17) is 4.52 Å². The van der Waals surface area contributed by atoms with Gasteiger partial charge in [0.15, 0.2) is 5.82 Å². The van der Waals surface area contributed by atoms with Gasteiger partial charge in [-0.05, 0) is 26.3 Å². The van der Waals surface area contributed by atoms with Crippen molar-refractivity contribution in [3.63, 3.8) is 0 Å². The third-order valence-corrected chi connectivity index (χ3v) is 2.86. The molecule has 0 fully saturated rings. The van der Waals surface area contributed by atoms with Crippen molar-refractivity contribution in [1.82, 2.24) is 25.2 Å². The molecule has 1 N–H and O–H groups in total. The second-order valence-electron chi connectivity index (χ2n) is 4.38. The molecule has 98 valence electrons. The first-order chi connectivity index (χ1) is 8.69. The molecule has 0 aliphatic rings. The molecule has 6 nitrogen and oxygen atoms in total. The number of rotatable bonds is 6. The van der Waals surface area contributed by atoms with Gasteiger partial charge in [0, 0.05) is 18.8 Å². The highest BCUT2D eigenvalue weighted by atomic mass is 16.5. The SMILES string of the molecule is CCC(C)n1ccc(CNCc2nc(C)no2)n1. The van der Waals surface area contributed by atoms with Gasteiger partial charge in [-0.25, -0.2) is 0 Å². The zero-order chi connectivity index (χ0) is 13.0. The van der Waals surface area contributed by atoms with Crippen LogP contribution in [0.3, 0.4) is 0 Å². The number of nitrogens with zero attached hydrogens (tertiary/aromatic N) is 4. The van der Waals surface area contributed by atoms with Gasteiger partial charge in [-0.1, -0.05) is 12.1 Å². The highest BCUT2D eigenvalue weighted by Gasteiger charge is 2.05. The molecule has 6 heteroatoms. The summed E-state index contributed by atoms with van der Waals surface area (Å²) < 4.78 is 7.01. The molecule has 1 unspecified atom stereocenters. The van der Waals surface area contributed by atoms with E-state index in [2.05, 4.69) is 34.4 Å². The first-order valence-electron chi connectivity index (χ1n) is 6.23. The molecule has 2 aromatic rings. The van der Waals surface area contributed by atoms with Gasteiger partial charge in [-0.2, -0.15) is 10.1 Å². The second kappa shape index (κ2) is 5.77. The fraction of sp³-hybridized carbons (Fsp3) is 0.583. The van der Waals surface area contributed by atoms with E-state index in [1.807, 2.05) is 16.9 Å². The van der Waals surface area contributed by atoms with Crippen LogP contribution in [0.5, 0.6) is 0 Å². The Morgan fingerprint density at radius 2 is 2.28 bits per heavy atom. The lowest BCUT2D eigenvalue weighted by atomic mass is 10.3. The van der Waals surface area contributed by atoms with Crippen LogP contribution in [0.1, 0.15) is 43.7 Å². The molecule has 1 atom stereocenters. The average Bonchev–Trinajstić information content (AvgIpc) is 2.98. The van der Waals surface area contributed by atoms with Crippen molar-refractivity contribution in [2.75, 3.05) is 0 Å². The molecule has 0 saturated carbocycles. The fourth-order valence-electron chi connectivity index (χ4n) is 1.61. The topological polar surface area (TPSA) is 68.8 Å². The zero-order valence-electron chi connectivity index (χ0n) is 11.1. The monoisotopic (exact) mass is 249 g/mol. The lowest BCUT2D eigenvalue weighted by Crippen LogP contribution is -2.14. The molecule has 0 saturated heterocycles. The molecule has 0 bridgehead atoms. The van der Waals surface area contributed by atoms with Crippen LogP contribution in [-0.4, -0.2) is 19.9 Å². The van der Waals surface area contributed by atoms with E-state index in [0.29, 0.717) is 30.8 Å². The van der Waals surface area contributed by atoms with Crippen molar-refractivity contribution in [3.8, 4) is 0 Å². The van der Waals surface area contributed by atoms with Crippen molar-refractivity contribution in [2.24, 2.45) is 0 Å². The van der Waals surface area contributed by atoms with Crippen molar-refractivity contribution < 1.29 is 4.52 Å². The summed E-state index contributed by atoms with van der Waals surface area (Å²) in [6.45, 7) is 7.39. The van der Waals surface area contributed by atoms with Gasteiger partial charge in [0.2, 0.25) is 5.89 Å². The molecular formula is C12H19N5O. The number of hydrogen-bond acceptors (Lipinski definition) is 5. The Morgan fingerprint density at radius 3 is 2.94 bits per heavy atom. The first-order valence-corrected chi connectivity index (χ1v) is 6.23. The summed E-state index contributed by atoms with van der Waals surface area (Å²) in [4.78, 5) is 4.12. The van der Waals surface area contributed by atoms with Crippen LogP contribution in [-0.2, 0) is 13.1 Å². The summed E-state index contributed by atoms with van der Waals surface area (Å²) in [5, 5.41) is 11.5. The number of nitrogens with one attached hydrogen (secondary N) is 1. The van der Waals surface area contributed by atoms with Crippen molar-refractivity contribution in [1.29, 1.82) is 0 Å². The van der Waals surface area contributed by atoms with E-state index in [1.165, 1.54) is 0 Å². The summed E-state index contributed by atoms with van der Waals surface area (Å²) in [6, 6.07) is 2.47. The van der Waals surface area contributed by atoms with Gasteiger partial charge in [-0.3, -0.25) is 4.68 Å². The number of hydrogen-bond donors (Lipinski definition) is 1. The molecule has 2 heterocycles. The molecular weight excluding hydrogens is 230 g/mol. The van der Waals surface area contributed by atoms with Crippen LogP contribution in [0, 0.1) is 6.92 Å². The van der Waals surface area contributed by atoms with Crippen LogP contribution < -0.4 is 5.32 Å². The van der Waals surface area contributed by atoms with Gasteiger partial charge in [0.1, 0.15) is 0 Å². The molecule has 0 spiro atoms. The van der Waals surface area contributed by atoms with E-state index in [0.717, 1.165) is 12.1 Å². The van der Waals surface area contributed by atoms with E-state index >= 15 is 0 Å². The van der Waals surface area contributed by atoms with Crippen LogP contribution >= 0.6 is 0 Å². The van der Waals surface area contributed by atoms with E-state index < -0.39 is 0 Å². The van der Waals surface area contributed by atoms with Gasteiger partial charge in [-0.15, -0.1) is 0 Å². The van der Waals surface area contributed by atoms with Gasteiger partial charge < -0.3 is 9.84 Å². The van der Waals surface area contributed by atoms with Gasteiger partial charge >= 0.3 is 0 Å². The van der Waals surface area contributed by atoms with E-state index in [-0.39, 0.29) is 0 Å². The Morgan fingerprint density at radius 1 is 1.44 bits per heavy atom. The number of aryl methyl sites for hydroxylation is 1. The van der Waals surface area contributed by atoms with Crippen LogP contribution in [0.4, 0.5) is 0 Å². The summed E-state index contributed by atoms with van der Waals surface area (Å²) in [7, 11) is 0. The highest BCUT2D eigenvalue weighted by molar-refractivity contribution is 4.99. The first kappa shape index (κ1) is 12.8. The quantitative estimate of drug-likeness (QED) is 0.846. The zero-order valence-corrected chi connectivity index (χ0v) is 11.1. The maximum atomic E-state index is 5.01. The maximum absolute atomic E-state index is 5.01.